The van der Waals surface area contributed by atoms with E-state index in [1.165, 1.54) is 0 Å². The van der Waals surface area contributed by atoms with Gasteiger partial charge in [0.05, 0.1) is 6.04 Å². The van der Waals surface area contributed by atoms with Gasteiger partial charge >= 0.3 is 5.97 Å². The van der Waals surface area contributed by atoms with Crippen molar-refractivity contribution in [1.29, 1.82) is 0 Å². The topological polar surface area (TPSA) is 92.4 Å². The molecular weight excluding hydrogens is 256 g/mol. The quantitative estimate of drug-likeness (QED) is 0.719. The van der Waals surface area contributed by atoms with E-state index in [1.807, 2.05) is 0 Å². The maximum Gasteiger partial charge on any atom is 0.303 e. The largest absolute Gasteiger partial charge is 0.481 e. The Morgan fingerprint density at radius 1 is 1.25 bits per heavy atom. The van der Waals surface area contributed by atoms with Crippen LogP contribution in [-0.4, -0.2) is 29.1 Å². The van der Waals surface area contributed by atoms with E-state index in [-0.39, 0.29) is 35.6 Å². The molecule has 0 saturated heterocycles. The molecule has 4 N–H and O–H groups in total. The molecule has 1 saturated carbocycles. The number of carbonyl (C=O) groups excluding carboxylic acids is 1. The first-order valence-corrected chi connectivity index (χ1v) is 7.29. The van der Waals surface area contributed by atoms with Crippen molar-refractivity contribution in [2.45, 2.75) is 71.9 Å². The van der Waals surface area contributed by atoms with Gasteiger partial charge in [-0.3, -0.25) is 9.59 Å². The second-order valence-corrected chi connectivity index (χ2v) is 7.66. The number of aliphatic carboxylic acids is 1. The molecule has 1 aliphatic rings. The van der Waals surface area contributed by atoms with E-state index in [0.29, 0.717) is 0 Å². The second-order valence-electron chi connectivity index (χ2n) is 7.66. The molecule has 1 fully saturated rings. The summed E-state index contributed by atoms with van der Waals surface area (Å²) in [5.74, 6) is -1.15. The average molecular weight is 284 g/mol. The number of carboxylic acid groups (broad SMARTS) is 1. The van der Waals surface area contributed by atoms with E-state index in [2.05, 4.69) is 33.0 Å². The molecule has 5 nitrogen and oxygen atoms in total. The minimum atomic E-state index is -0.923. The molecule has 0 aromatic carbocycles. The molecule has 1 atom stereocenters. The highest BCUT2D eigenvalue weighted by Gasteiger charge is 2.39. The van der Waals surface area contributed by atoms with Crippen molar-refractivity contribution < 1.29 is 14.7 Å². The van der Waals surface area contributed by atoms with Gasteiger partial charge in [-0.1, -0.05) is 27.7 Å². The van der Waals surface area contributed by atoms with Crippen LogP contribution in [0.4, 0.5) is 0 Å². The molecular formula is C15H28N2O3. The summed E-state index contributed by atoms with van der Waals surface area (Å²) in [5.41, 5.74) is 6.14. The number of nitrogens with two attached hydrogens (primary N) is 1. The Bertz CT molecular complexity index is 361. The van der Waals surface area contributed by atoms with Gasteiger partial charge in [0.2, 0.25) is 5.91 Å². The lowest BCUT2D eigenvalue weighted by Crippen LogP contribution is -2.50. The lowest BCUT2D eigenvalue weighted by atomic mass is 9.63. The summed E-state index contributed by atoms with van der Waals surface area (Å²) < 4.78 is 0. The van der Waals surface area contributed by atoms with Gasteiger partial charge < -0.3 is 16.2 Å². The first kappa shape index (κ1) is 17.0. The number of amides is 1. The van der Waals surface area contributed by atoms with E-state index in [1.54, 1.807) is 0 Å². The van der Waals surface area contributed by atoms with E-state index in [9.17, 15) is 9.59 Å². The van der Waals surface area contributed by atoms with Crippen molar-refractivity contribution in [2.75, 3.05) is 0 Å². The zero-order valence-corrected chi connectivity index (χ0v) is 13.0. The van der Waals surface area contributed by atoms with Crippen molar-refractivity contribution in [3.8, 4) is 0 Å². The van der Waals surface area contributed by atoms with Crippen molar-refractivity contribution in [1.82, 2.24) is 5.32 Å². The molecule has 0 aromatic heterocycles. The summed E-state index contributed by atoms with van der Waals surface area (Å²) in [5, 5.41) is 11.6. The maximum atomic E-state index is 12.0. The van der Waals surface area contributed by atoms with E-state index in [4.69, 9.17) is 10.8 Å². The van der Waals surface area contributed by atoms with Crippen LogP contribution in [-0.2, 0) is 9.59 Å². The Morgan fingerprint density at radius 3 is 2.20 bits per heavy atom. The highest BCUT2D eigenvalue weighted by Crippen LogP contribution is 2.45. The molecule has 20 heavy (non-hydrogen) atoms. The molecule has 1 unspecified atom stereocenters. The van der Waals surface area contributed by atoms with Crippen LogP contribution in [0.25, 0.3) is 0 Å². The van der Waals surface area contributed by atoms with Crippen LogP contribution in [0.3, 0.4) is 0 Å². The standard InChI is InChI=1S/C15H28N2O3/c1-14(2)7-10(8-15(3,4)9-14)17-13(20)11(16)5-6-12(18)19/h10-11H,5-9,16H2,1-4H3,(H,17,20)(H,18,19). The average Bonchev–Trinajstić information content (AvgIpc) is 2.20. The molecule has 0 aromatic rings. The zero-order valence-electron chi connectivity index (χ0n) is 13.0. The fraction of sp³-hybridized carbons (Fsp3) is 0.867. The molecule has 0 heterocycles. The number of nitrogens with one attached hydrogen (secondary N) is 1. The van der Waals surface area contributed by atoms with E-state index >= 15 is 0 Å². The molecule has 0 spiro atoms. The fourth-order valence-corrected chi connectivity index (χ4v) is 3.67. The van der Waals surface area contributed by atoms with Gasteiger partial charge in [-0.05, 0) is 36.5 Å². The maximum absolute atomic E-state index is 12.0. The Kier molecular flexibility index (Phi) is 5.19. The summed E-state index contributed by atoms with van der Waals surface area (Å²) in [6.45, 7) is 8.88. The predicted octanol–water partition coefficient (Wildman–Crippen LogP) is 1.90. The normalized spacial score (nSPS) is 23.1. The zero-order chi connectivity index (χ0) is 15.6. The van der Waals surface area contributed by atoms with Gasteiger partial charge in [0, 0.05) is 12.5 Å². The van der Waals surface area contributed by atoms with Crippen LogP contribution in [0.1, 0.15) is 59.8 Å². The SMILES string of the molecule is CC1(C)CC(NC(=O)C(N)CCC(=O)O)CC(C)(C)C1. The van der Waals surface area contributed by atoms with E-state index < -0.39 is 12.0 Å². The number of hydrogen-bond donors (Lipinski definition) is 3. The van der Waals surface area contributed by atoms with Gasteiger partial charge in [-0.2, -0.15) is 0 Å². The van der Waals surface area contributed by atoms with Crippen molar-refractivity contribution in [2.24, 2.45) is 16.6 Å². The molecule has 1 aliphatic carbocycles. The highest BCUT2D eigenvalue weighted by molar-refractivity contribution is 5.82. The Hall–Kier alpha value is -1.10. The van der Waals surface area contributed by atoms with E-state index in [0.717, 1.165) is 19.3 Å². The molecule has 116 valence electrons. The van der Waals surface area contributed by atoms with Crippen LogP contribution < -0.4 is 11.1 Å². The minimum absolute atomic E-state index is 0.0732. The summed E-state index contributed by atoms with van der Waals surface area (Å²) >= 11 is 0. The van der Waals surface area contributed by atoms with Gasteiger partial charge in [-0.25, -0.2) is 0 Å². The van der Waals surface area contributed by atoms with Gasteiger partial charge in [0.15, 0.2) is 0 Å². The third-order valence-corrected chi connectivity index (χ3v) is 3.91. The van der Waals surface area contributed by atoms with Crippen molar-refractivity contribution in [3.63, 3.8) is 0 Å². The number of carboxylic acids is 1. The third kappa shape index (κ3) is 5.49. The second kappa shape index (κ2) is 6.12. The van der Waals surface area contributed by atoms with Crippen LogP contribution in [0.2, 0.25) is 0 Å². The first-order chi connectivity index (χ1) is 9.01. The lowest BCUT2D eigenvalue weighted by Gasteiger charge is -2.45. The summed E-state index contributed by atoms with van der Waals surface area (Å²) in [6.07, 6.45) is 3.12. The molecule has 0 bridgehead atoms. The van der Waals surface area contributed by atoms with Gasteiger partial charge in [0.1, 0.15) is 0 Å². The van der Waals surface area contributed by atoms with Crippen molar-refractivity contribution >= 4 is 11.9 Å². The Balaban J connectivity index is 2.54. The predicted molar refractivity (Wildman–Crippen MR) is 78.2 cm³/mol. The summed E-state index contributed by atoms with van der Waals surface area (Å²) in [4.78, 5) is 22.5. The fourth-order valence-electron chi connectivity index (χ4n) is 3.67. The number of carbonyl (C=O) groups is 2. The van der Waals surface area contributed by atoms with Gasteiger partial charge in [0.25, 0.3) is 0 Å². The Morgan fingerprint density at radius 2 is 1.75 bits per heavy atom. The third-order valence-electron chi connectivity index (χ3n) is 3.91. The first-order valence-electron chi connectivity index (χ1n) is 7.29. The minimum Gasteiger partial charge on any atom is -0.481 e. The van der Waals surface area contributed by atoms with Crippen molar-refractivity contribution in [3.05, 3.63) is 0 Å². The lowest BCUT2D eigenvalue weighted by molar-refractivity contribution is -0.137. The monoisotopic (exact) mass is 284 g/mol. The van der Waals surface area contributed by atoms with Crippen LogP contribution >= 0.6 is 0 Å². The molecule has 0 aliphatic heterocycles. The number of rotatable bonds is 5. The van der Waals surface area contributed by atoms with Gasteiger partial charge in [-0.15, -0.1) is 0 Å². The molecule has 5 heteroatoms. The summed E-state index contributed by atoms with van der Waals surface area (Å²) in [7, 11) is 0. The molecule has 1 rings (SSSR count). The smallest absolute Gasteiger partial charge is 0.303 e. The summed E-state index contributed by atoms with van der Waals surface area (Å²) in [6, 6.07) is -0.614. The van der Waals surface area contributed by atoms with Crippen LogP contribution in [0, 0.1) is 10.8 Å². The van der Waals surface area contributed by atoms with Crippen LogP contribution in [0.15, 0.2) is 0 Å². The molecule has 1 amide bonds. The van der Waals surface area contributed by atoms with Crippen LogP contribution in [0.5, 0.6) is 0 Å². The highest BCUT2D eigenvalue weighted by atomic mass is 16.4. The number of hydrogen-bond acceptors (Lipinski definition) is 3. The Labute approximate surface area is 121 Å². The molecule has 0 radical (unpaired) electrons.